The molecular weight excluding hydrogens is 1420 g/mol. The number of benzene rings is 5. The molecule has 568 valence electrons. The monoisotopic (exact) mass is 1510 g/mol. The summed E-state index contributed by atoms with van der Waals surface area (Å²) in [5.41, 5.74) is 4.89. The Balaban J connectivity index is 0.530. The number of nitro groups is 1. The number of fused-ring (bicyclic) bond motifs is 2. The molecule has 1 atom stereocenters. The number of carbonyl (C=O) groups is 6. The smallest absolute Gasteiger partial charge is 0.293 e. The molecule has 6 amide bonds. The quantitative estimate of drug-likeness (QED) is 0.00954. The lowest BCUT2D eigenvalue weighted by atomic mass is 9.97. The third kappa shape index (κ3) is 20.5. The Morgan fingerprint density at radius 1 is 0.710 bits per heavy atom. The van der Waals surface area contributed by atoms with Gasteiger partial charge >= 0.3 is 0 Å². The molecule has 0 saturated carbocycles. The van der Waals surface area contributed by atoms with Gasteiger partial charge in [0, 0.05) is 150 Å². The number of nitro benzene ring substituents is 1. The van der Waals surface area contributed by atoms with Gasteiger partial charge in [0.25, 0.3) is 33.4 Å². The molecule has 0 aliphatic carbocycles. The molecule has 6 N–H and O–H groups in total. The number of nitrogens with one attached hydrogen (secondary N) is 6. The Kier molecular flexibility index (Phi) is 26.8. The van der Waals surface area contributed by atoms with Gasteiger partial charge in [-0.1, -0.05) is 41.9 Å². The van der Waals surface area contributed by atoms with Crippen molar-refractivity contribution in [3.05, 3.63) is 159 Å². The number of piperidine rings is 1. The van der Waals surface area contributed by atoms with Gasteiger partial charge in [-0.3, -0.25) is 54.0 Å². The molecule has 107 heavy (non-hydrogen) atoms. The van der Waals surface area contributed by atoms with Crippen molar-refractivity contribution in [3.8, 4) is 28.4 Å². The Morgan fingerprint density at radius 2 is 1.42 bits per heavy atom. The zero-order chi connectivity index (χ0) is 74.7. The molecule has 5 aromatic carbocycles. The molecule has 7 aromatic rings. The highest BCUT2D eigenvalue weighted by Crippen LogP contribution is 2.38. The van der Waals surface area contributed by atoms with Crippen LogP contribution < -0.4 is 40.4 Å². The van der Waals surface area contributed by atoms with E-state index >= 15 is 0 Å². The van der Waals surface area contributed by atoms with Gasteiger partial charge in [0.2, 0.25) is 17.7 Å². The lowest BCUT2D eigenvalue weighted by Gasteiger charge is -2.39. The lowest BCUT2D eigenvalue weighted by Crippen LogP contribution is -2.54. The van der Waals surface area contributed by atoms with Gasteiger partial charge in [-0.15, -0.1) is 0 Å². The van der Waals surface area contributed by atoms with E-state index in [0.29, 0.717) is 166 Å². The Morgan fingerprint density at radius 3 is 2.15 bits per heavy atom. The Hall–Kier alpha value is -9.67. The van der Waals surface area contributed by atoms with Crippen LogP contribution in [-0.2, 0) is 59.4 Å². The predicted octanol–water partition coefficient (Wildman–Crippen LogP) is 7.28. The van der Waals surface area contributed by atoms with E-state index in [-0.39, 0.29) is 65.8 Å². The summed E-state index contributed by atoms with van der Waals surface area (Å²) < 4.78 is 76.4. The molecule has 0 bridgehead atoms. The van der Waals surface area contributed by atoms with Gasteiger partial charge in [0.05, 0.1) is 105 Å². The summed E-state index contributed by atoms with van der Waals surface area (Å²) in [6.07, 6.45) is 5.18. The average Bonchev–Trinajstić information content (AvgIpc) is 1.60. The summed E-state index contributed by atoms with van der Waals surface area (Å²) in [4.78, 5) is 104. The van der Waals surface area contributed by atoms with Crippen LogP contribution in [0.2, 0.25) is 5.02 Å². The molecule has 30 nitrogen and oxygen atoms in total. The SMILES string of the molecule is O=C(CCOCCOCCOCCOCCOCCNc1cccc2c1C(=O)N(C1CCC(=O)NC1=O)C2=O)NCCN1CC(COc2cccc(-c3ccc(Cl)cc3)c2CN2CCN(c3ccc(C(=O)NS(=O)(=O)c4ccc(NCC5CCOCC5)c([N+](=O)[O-])c4)c(Oc4cnc5[nH]ccc5c4)c3)CC2)C1. The zero-order valence-corrected chi connectivity index (χ0v) is 60.7. The number of piperazine rings is 1. The molecule has 5 aliphatic rings. The van der Waals surface area contributed by atoms with Crippen LogP contribution in [0, 0.1) is 22.0 Å². The maximum absolute atomic E-state index is 14.2. The number of nitrogens with zero attached hydrogens (tertiary/aromatic N) is 6. The van der Waals surface area contributed by atoms with E-state index in [4.69, 9.17) is 49.5 Å². The number of amides is 6. The fraction of sp³-hybridized carbons (Fsp3) is 0.427. The van der Waals surface area contributed by atoms with Crippen LogP contribution >= 0.6 is 11.6 Å². The van der Waals surface area contributed by atoms with Crippen molar-refractivity contribution in [2.75, 3.05) is 167 Å². The maximum atomic E-state index is 14.2. The molecular formula is C75H87ClN12O18S. The summed E-state index contributed by atoms with van der Waals surface area (Å²) in [6.45, 7) is 11.9. The second-order valence-corrected chi connectivity index (χ2v) is 28.5. The fourth-order valence-corrected chi connectivity index (χ4v) is 14.4. The van der Waals surface area contributed by atoms with E-state index in [1.165, 1.54) is 24.4 Å². The van der Waals surface area contributed by atoms with E-state index in [1.807, 2.05) is 42.5 Å². The second kappa shape index (κ2) is 37.2. The van der Waals surface area contributed by atoms with Gasteiger partial charge in [0.15, 0.2) is 0 Å². The molecule has 1 unspecified atom stereocenters. The minimum absolute atomic E-state index is 0.0438. The highest BCUT2D eigenvalue weighted by Gasteiger charge is 2.46. The first-order valence-electron chi connectivity index (χ1n) is 35.9. The molecule has 12 rings (SSSR count). The molecule has 2 aromatic heterocycles. The number of ether oxygens (including phenoxy) is 8. The molecule has 0 radical (unpaired) electrons. The number of halogens is 1. The first kappa shape index (κ1) is 77.0. The predicted molar refractivity (Wildman–Crippen MR) is 396 cm³/mol. The van der Waals surface area contributed by atoms with Crippen LogP contribution in [0.3, 0.4) is 0 Å². The number of hydrogen-bond donors (Lipinski definition) is 6. The highest BCUT2D eigenvalue weighted by molar-refractivity contribution is 7.90. The normalized spacial score (nSPS) is 16.7. The molecule has 0 spiro atoms. The second-order valence-electron chi connectivity index (χ2n) is 26.4. The molecule has 32 heteroatoms. The van der Waals surface area contributed by atoms with E-state index in [9.17, 15) is 47.3 Å². The van der Waals surface area contributed by atoms with E-state index < -0.39 is 61.1 Å². The summed E-state index contributed by atoms with van der Waals surface area (Å²) in [5, 5.41) is 25.1. The van der Waals surface area contributed by atoms with Gasteiger partial charge in [-0.25, -0.2) is 18.1 Å². The van der Waals surface area contributed by atoms with Gasteiger partial charge in [-0.05, 0) is 103 Å². The van der Waals surface area contributed by atoms with Gasteiger partial charge in [-0.2, -0.15) is 0 Å². The van der Waals surface area contributed by atoms with Crippen molar-refractivity contribution >= 4 is 90.9 Å². The number of sulfonamides is 1. The van der Waals surface area contributed by atoms with Crippen LogP contribution in [-0.4, -0.2) is 231 Å². The van der Waals surface area contributed by atoms with Crippen molar-refractivity contribution in [3.63, 3.8) is 0 Å². The van der Waals surface area contributed by atoms with Crippen LogP contribution in [0.15, 0.2) is 126 Å². The highest BCUT2D eigenvalue weighted by atomic mass is 35.5. The van der Waals surface area contributed by atoms with Crippen molar-refractivity contribution in [2.45, 2.75) is 49.6 Å². The number of anilines is 3. The summed E-state index contributed by atoms with van der Waals surface area (Å²) in [6, 6.07) is 29.7. The van der Waals surface area contributed by atoms with Crippen molar-refractivity contribution in [2.24, 2.45) is 11.8 Å². The molecule has 7 heterocycles. The van der Waals surface area contributed by atoms with Crippen LogP contribution in [0.25, 0.3) is 22.2 Å². The van der Waals surface area contributed by atoms with E-state index in [2.05, 4.69) is 56.7 Å². The van der Waals surface area contributed by atoms with Crippen molar-refractivity contribution in [1.82, 2.24) is 40.0 Å². The summed E-state index contributed by atoms with van der Waals surface area (Å²) in [5.74, 6) is -1.65. The third-order valence-electron chi connectivity index (χ3n) is 19.1. The minimum Gasteiger partial charge on any atom is -0.493 e. The van der Waals surface area contributed by atoms with Crippen LogP contribution in [0.5, 0.6) is 17.2 Å². The van der Waals surface area contributed by atoms with E-state index in [0.717, 1.165) is 70.4 Å². The van der Waals surface area contributed by atoms with Crippen molar-refractivity contribution < 1.29 is 80.0 Å². The fourth-order valence-electron chi connectivity index (χ4n) is 13.3. The number of carbonyl (C=O) groups excluding carboxylic acids is 6. The summed E-state index contributed by atoms with van der Waals surface area (Å²) >= 11 is 6.37. The first-order valence-corrected chi connectivity index (χ1v) is 37.7. The number of pyridine rings is 1. The first-order chi connectivity index (χ1) is 52.0. The number of imide groups is 2. The molecule has 4 saturated heterocycles. The number of hydrogen-bond acceptors (Lipinski definition) is 24. The number of likely N-dealkylation sites (tertiary alicyclic amines) is 1. The third-order valence-corrected chi connectivity index (χ3v) is 20.7. The topological polar surface area (TPSA) is 355 Å². The molecule has 5 aliphatic heterocycles. The van der Waals surface area contributed by atoms with Crippen molar-refractivity contribution in [1.29, 1.82) is 0 Å². The zero-order valence-electron chi connectivity index (χ0n) is 59.1. The number of H-pyrrole nitrogens is 1. The minimum atomic E-state index is -4.63. The standard InChI is InChI=1S/C75H87ClN12O18S/c76-54-9-7-52(8-10-54)58-3-2-6-66(105-49-51-46-85(47-51)24-22-78-68(89)20-31-100-33-35-102-37-39-104-40-38-103-36-34-101-32-23-77-63-5-1-4-60-70(63)75(94)87(74(60)93)64-15-16-69(90)82-73(64)92)61(58)48-84-25-27-86(28-26-84)55-11-13-59(67(42-55)106-56-41-53-17-21-79-71(53)81-45-56)72(91)83-107(97,98)57-12-14-62(65(43-57)88(95)96)80-44-50-18-29-99-30-19-50/h1-14,17,21,41-43,45,50-51,64,77,80H,15-16,18-20,22-40,44,46-49H2,(H,78,89)(H,79,81)(H,83,91)(H,82,90,92). The largest absolute Gasteiger partial charge is 0.493 e. The molecule has 4 fully saturated rings. The van der Waals surface area contributed by atoms with Gasteiger partial charge < -0.3 is 68.6 Å². The maximum Gasteiger partial charge on any atom is 0.293 e. The Bertz CT molecular complexity index is 4420. The van der Waals surface area contributed by atoms with Crippen LogP contribution in [0.1, 0.15) is 68.7 Å². The lowest BCUT2D eigenvalue weighted by molar-refractivity contribution is -0.384. The average molecular weight is 1510 g/mol. The van der Waals surface area contributed by atoms with E-state index in [1.54, 1.807) is 42.6 Å². The van der Waals surface area contributed by atoms with Gasteiger partial charge in [0.1, 0.15) is 34.6 Å². The Labute approximate surface area is 623 Å². The summed E-state index contributed by atoms with van der Waals surface area (Å²) in [7, 11) is -4.63. The number of aromatic nitrogens is 2. The number of aromatic amines is 1. The van der Waals surface area contributed by atoms with Crippen LogP contribution in [0.4, 0.5) is 22.7 Å². The number of rotatable bonds is 39.